The summed E-state index contributed by atoms with van der Waals surface area (Å²) in [5.41, 5.74) is 1.95. The van der Waals surface area contributed by atoms with Gasteiger partial charge in [-0.3, -0.25) is 4.31 Å². The van der Waals surface area contributed by atoms with Gasteiger partial charge in [0.05, 0.1) is 11.4 Å². The Morgan fingerprint density at radius 3 is 2.83 bits per heavy atom. The fraction of sp³-hybridized carbons (Fsp3) is 0.538. The second-order valence-corrected chi connectivity index (χ2v) is 7.22. The number of para-hydroxylation sites is 1. The Hall–Kier alpha value is -0.740. The van der Waals surface area contributed by atoms with Crippen LogP contribution in [0.25, 0.3) is 0 Å². The average Bonchev–Trinajstić information content (AvgIpc) is 2.35. The summed E-state index contributed by atoms with van der Waals surface area (Å²) in [6.07, 6.45) is 1.44. The van der Waals surface area contributed by atoms with Crippen LogP contribution in [0.4, 0.5) is 5.69 Å². The van der Waals surface area contributed by atoms with Gasteiger partial charge in [0.1, 0.15) is 0 Å². The molecule has 0 N–H and O–H groups in total. The lowest BCUT2D eigenvalue weighted by molar-refractivity contribution is 0.544. The molecule has 1 aromatic rings. The Kier molecular flexibility index (Phi) is 4.17. The van der Waals surface area contributed by atoms with E-state index in [-0.39, 0.29) is 5.75 Å². The molecule has 0 bridgehead atoms. The molecule has 0 fully saturated rings. The molecule has 1 aliphatic heterocycles. The van der Waals surface area contributed by atoms with E-state index >= 15 is 0 Å². The Morgan fingerprint density at radius 1 is 1.39 bits per heavy atom. The van der Waals surface area contributed by atoms with Crippen molar-refractivity contribution in [2.75, 3.05) is 22.5 Å². The maximum absolute atomic E-state index is 12.3. The van der Waals surface area contributed by atoms with Gasteiger partial charge in [-0.15, -0.1) is 11.6 Å². The standard InChI is InChI=1S/C13H18ClNO2S/c1-11-9-12-5-2-3-6-13(12)15(10-11)18(16,17)8-4-7-14/h2-3,5-6,11H,4,7-10H2,1H3. The van der Waals surface area contributed by atoms with E-state index in [9.17, 15) is 8.42 Å². The van der Waals surface area contributed by atoms with E-state index < -0.39 is 10.0 Å². The first-order valence-electron chi connectivity index (χ1n) is 6.19. The maximum Gasteiger partial charge on any atom is 0.235 e. The summed E-state index contributed by atoms with van der Waals surface area (Å²) in [7, 11) is -3.24. The van der Waals surface area contributed by atoms with Crippen molar-refractivity contribution in [1.82, 2.24) is 0 Å². The quantitative estimate of drug-likeness (QED) is 0.799. The van der Waals surface area contributed by atoms with Gasteiger partial charge in [-0.1, -0.05) is 25.1 Å². The molecule has 5 heteroatoms. The van der Waals surface area contributed by atoms with E-state index in [1.54, 1.807) is 4.31 Å². The van der Waals surface area contributed by atoms with E-state index in [0.717, 1.165) is 17.7 Å². The summed E-state index contributed by atoms with van der Waals surface area (Å²) in [6, 6.07) is 7.74. The fourth-order valence-corrected chi connectivity index (χ4v) is 4.34. The molecule has 100 valence electrons. The Balaban J connectivity index is 2.34. The van der Waals surface area contributed by atoms with Crippen molar-refractivity contribution in [3.8, 4) is 0 Å². The number of fused-ring (bicyclic) bond motifs is 1. The van der Waals surface area contributed by atoms with Crippen molar-refractivity contribution >= 4 is 27.3 Å². The average molecular weight is 288 g/mol. The fourth-order valence-electron chi connectivity index (χ4n) is 2.36. The molecular formula is C13H18ClNO2S. The molecule has 0 spiro atoms. The molecule has 0 aliphatic carbocycles. The second kappa shape index (κ2) is 5.49. The third-order valence-corrected chi connectivity index (χ3v) is 5.27. The van der Waals surface area contributed by atoms with Crippen molar-refractivity contribution in [3.05, 3.63) is 29.8 Å². The smallest absolute Gasteiger partial charge is 0.235 e. The first kappa shape index (κ1) is 13.7. The molecule has 0 aromatic heterocycles. The van der Waals surface area contributed by atoms with Crippen LogP contribution in [0.2, 0.25) is 0 Å². The highest BCUT2D eigenvalue weighted by Gasteiger charge is 2.29. The van der Waals surface area contributed by atoms with Crippen molar-refractivity contribution in [3.63, 3.8) is 0 Å². The minimum Gasteiger partial charge on any atom is -0.270 e. The first-order chi connectivity index (χ1) is 8.54. The second-order valence-electron chi connectivity index (χ2n) is 4.83. The first-order valence-corrected chi connectivity index (χ1v) is 8.33. The van der Waals surface area contributed by atoms with Crippen LogP contribution in [-0.2, 0) is 16.4 Å². The van der Waals surface area contributed by atoms with Gasteiger partial charge in [-0.25, -0.2) is 8.42 Å². The number of hydrogen-bond donors (Lipinski definition) is 0. The van der Waals surface area contributed by atoms with E-state index in [1.165, 1.54) is 0 Å². The topological polar surface area (TPSA) is 37.4 Å². The van der Waals surface area contributed by atoms with Gasteiger partial charge in [-0.05, 0) is 30.4 Å². The van der Waals surface area contributed by atoms with Gasteiger partial charge in [-0.2, -0.15) is 0 Å². The molecular weight excluding hydrogens is 270 g/mol. The summed E-state index contributed by atoms with van der Waals surface area (Å²) in [6.45, 7) is 2.65. The highest BCUT2D eigenvalue weighted by atomic mass is 35.5. The lowest BCUT2D eigenvalue weighted by Gasteiger charge is -2.33. The minimum absolute atomic E-state index is 0.123. The summed E-state index contributed by atoms with van der Waals surface area (Å²) in [4.78, 5) is 0. The summed E-state index contributed by atoms with van der Waals surface area (Å²) in [5, 5.41) is 0. The van der Waals surface area contributed by atoms with Crippen LogP contribution in [0.5, 0.6) is 0 Å². The highest BCUT2D eigenvalue weighted by Crippen LogP contribution is 2.31. The van der Waals surface area contributed by atoms with Gasteiger partial charge < -0.3 is 0 Å². The number of halogens is 1. The Bertz CT molecular complexity index is 515. The molecule has 18 heavy (non-hydrogen) atoms. The number of anilines is 1. The molecule has 1 aliphatic rings. The van der Waals surface area contributed by atoms with Crippen LogP contribution < -0.4 is 4.31 Å². The Labute approximate surface area is 114 Å². The van der Waals surface area contributed by atoms with Crippen LogP contribution in [0.3, 0.4) is 0 Å². The number of benzene rings is 1. The summed E-state index contributed by atoms with van der Waals surface area (Å²) in [5.74, 6) is 0.854. The molecule has 1 atom stereocenters. The lowest BCUT2D eigenvalue weighted by atomic mass is 9.96. The zero-order valence-corrected chi connectivity index (χ0v) is 12.0. The molecule has 0 saturated heterocycles. The third-order valence-electron chi connectivity index (χ3n) is 3.18. The predicted octanol–water partition coefficient (Wildman–Crippen LogP) is 2.64. The van der Waals surface area contributed by atoms with Crippen molar-refractivity contribution in [1.29, 1.82) is 0 Å². The SMILES string of the molecule is CC1Cc2ccccc2N(S(=O)(=O)CCCCl)C1. The zero-order chi connectivity index (χ0) is 13.2. The van der Waals surface area contributed by atoms with Gasteiger partial charge >= 0.3 is 0 Å². The van der Waals surface area contributed by atoms with Gasteiger partial charge in [0.25, 0.3) is 0 Å². The maximum atomic E-state index is 12.3. The van der Waals surface area contributed by atoms with Crippen LogP contribution in [0.15, 0.2) is 24.3 Å². The summed E-state index contributed by atoms with van der Waals surface area (Å²) >= 11 is 5.59. The highest BCUT2D eigenvalue weighted by molar-refractivity contribution is 7.92. The minimum atomic E-state index is -3.24. The molecule has 0 radical (unpaired) electrons. The van der Waals surface area contributed by atoms with E-state index in [2.05, 4.69) is 6.92 Å². The van der Waals surface area contributed by atoms with Gasteiger partial charge in [0.2, 0.25) is 10.0 Å². The molecule has 1 heterocycles. The van der Waals surface area contributed by atoms with Crippen LogP contribution in [0, 0.1) is 5.92 Å². The largest absolute Gasteiger partial charge is 0.270 e. The van der Waals surface area contributed by atoms with Gasteiger partial charge in [0, 0.05) is 12.4 Å². The zero-order valence-electron chi connectivity index (χ0n) is 10.5. The molecule has 1 aromatic carbocycles. The van der Waals surface area contributed by atoms with Crippen LogP contribution >= 0.6 is 11.6 Å². The monoisotopic (exact) mass is 287 g/mol. The molecule has 0 amide bonds. The van der Waals surface area contributed by atoms with Crippen LogP contribution in [0.1, 0.15) is 18.9 Å². The van der Waals surface area contributed by atoms with E-state index in [0.29, 0.717) is 24.8 Å². The lowest BCUT2D eigenvalue weighted by Crippen LogP contribution is -2.40. The van der Waals surface area contributed by atoms with Gasteiger partial charge in [0.15, 0.2) is 0 Å². The number of hydrogen-bond acceptors (Lipinski definition) is 2. The molecule has 1 unspecified atom stereocenters. The normalized spacial score (nSPS) is 19.7. The van der Waals surface area contributed by atoms with Crippen molar-refractivity contribution < 1.29 is 8.42 Å². The van der Waals surface area contributed by atoms with Crippen molar-refractivity contribution in [2.45, 2.75) is 19.8 Å². The number of sulfonamides is 1. The Morgan fingerprint density at radius 2 is 2.11 bits per heavy atom. The summed E-state index contributed by atoms with van der Waals surface area (Å²) < 4.78 is 26.2. The molecule has 2 rings (SSSR count). The molecule has 0 saturated carbocycles. The van der Waals surface area contributed by atoms with E-state index in [1.807, 2.05) is 24.3 Å². The van der Waals surface area contributed by atoms with Crippen molar-refractivity contribution in [2.24, 2.45) is 5.92 Å². The number of rotatable bonds is 4. The third kappa shape index (κ3) is 2.81. The van der Waals surface area contributed by atoms with E-state index in [4.69, 9.17) is 11.6 Å². The predicted molar refractivity (Wildman–Crippen MR) is 75.8 cm³/mol. The van der Waals surface area contributed by atoms with Crippen LogP contribution in [-0.4, -0.2) is 26.6 Å². The number of alkyl halides is 1. The molecule has 3 nitrogen and oxygen atoms in total. The number of nitrogens with zero attached hydrogens (tertiary/aromatic N) is 1.